The highest BCUT2D eigenvalue weighted by atomic mass is 32.2. The van der Waals surface area contributed by atoms with E-state index in [1.54, 1.807) is 0 Å². The quantitative estimate of drug-likeness (QED) is 0.252. The summed E-state index contributed by atoms with van der Waals surface area (Å²) in [6.45, 7) is 9.83. The first-order valence-corrected chi connectivity index (χ1v) is 12.6. The van der Waals surface area contributed by atoms with Crippen molar-refractivity contribution in [1.82, 2.24) is 25.1 Å². The number of aliphatic hydroxyl groups is 1. The standard InChI is InChI=1S/C25H29F2N5OS/c1-12(33)19-14-7-5-13(6-8-14)16(19)10-18-20(27)24(34-25(2,3)4)30-23(29-18)21-17-9-15(26)11-28-22(17)32-31-21/h9,11,13-14,16,19,33H,1,5-8,10H2,2-4H3,(H,28,31,32). The van der Waals surface area contributed by atoms with Crippen molar-refractivity contribution >= 4 is 22.8 Å². The number of nitrogens with zero attached hydrogens (tertiary/aromatic N) is 4. The van der Waals surface area contributed by atoms with Gasteiger partial charge in [0, 0.05) is 10.7 Å². The first-order valence-electron chi connectivity index (χ1n) is 11.7. The highest BCUT2D eigenvalue weighted by molar-refractivity contribution is 8.00. The molecule has 2 N–H and O–H groups in total. The molecule has 3 fully saturated rings. The molecule has 0 aliphatic heterocycles. The van der Waals surface area contributed by atoms with Gasteiger partial charge in [0.1, 0.15) is 16.5 Å². The lowest BCUT2D eigenvalue weighted by molar-refractivity contribution is 0.0212. The normalized spacial score (nSPS) is 24.6. The fraction of sp³-hybridized carbons (Fsp3) is 0.520. The molecule has 3 aliphatic rings. The number of nitrogens with one attached hydrogen (secondary N) is 1. The zero-order valence-electron chi connectivity index (χ0n) is 19.6. The van der Waals surface area contributed by atoms with E-state index in [0.29, 0.717) is 40.7 Å². The molecular weight excluding hydrogens is 456 g/mol. The van der Waals surface area contributed by atoms with Gasteiger partial charge in [0.25, 0.3) is 0 Å². The molecule has 9 heteroatoms. The molecule has 0 amide bonds. The van der Waals surface area contributed by atoms with E-state index in [1.807, 2.05) is 20.8 Å². The van der Waals surface area contributed by atoms with Crippen molar-refractivity contribution in [3.8, 4) is 11.5 Å². The van der Waals surface area contributed by atoms with Crippen LogP contribution in [0.5, 0.6) is 0 Å². The number of H-pyrrole nitrogens is 1. The van der Waals surface area contributed by atoms with Crippen LogP contribution >= 0.6 is 11.8 Å². The highest BCUT2D eigenvalue weighted by Gasteiger charge is 2.45. The van der Waals surface area contributed by atoms with E-state index in [0.717, 1.165) is 31.9 Å². The van der Waals surface area contributed by atoms with Gasteiger partial charge >= 0.3 is 0 Å². The molecule has 6 rings (SSSR count). The number of fused-ring (bicyclic) bond motifs is 4. The maximum atomic E-state index is 15.8. The third-order valence-corrected chi connectivity index (χ3v) is 8.17. The Morgan fingerprint density at radius 2 is 1.88 bits per heavy atom. The topological polar surface area (TPSA) is 87.6 Å². The number of aromatic amines is 1. The highest BCUT2D eigenvalue weighted by Crippen LogP contribution is 2.52. The third kappa shape index (κ3) is 4.30. The number of aromatic nitrogens is 5. The maximum Gasteiger partial charge on any atom is 0.181 e. The molecule has 2 unspecified atom stereocenters. The van der Waals surface area contributed by atoms with Crippen LogP contribution in [0.25, 0.3) is 22.6 Å². The van der Waals surface area contributed by atoms with Gasteiger partial charge < -0.3 is 5.11 Å². The Bertz CT molecular complexity index is 1250. The first kappa shape index (κ1) is 23.2. The van der Waals surface area contributed by atoms with E-state index in [-0.39, 0.29) is 33.2 Å². The van der Waals surface area contributed by atoms with Crippen LogP contribution in [0.15, 0.2) is 29.6 Å². The Morgan fingerprint density at radius 1 is 1.18 bits per heavy atom. The van der Waals surface area contributed by atoms with Crippen molar-refractivity contribution in [3.05, 3.63) is 41.9 Å². The van der Waals surface area contributed by atoms with Gasteiger partial charge in [0.15, 0.2) is 17.3 Å². The summed E-state index contributed by atoms with van der Waals surface area (Å²) >= 11 is 1.33. The van der Waals surface area contributed by atoms with Crippen LogP contribution in [0.1, 0.15) is 52.1 Å². The van der Waals surface area contributed by atoms with Gasteiger partial charge in [-0.3, -0.25) is 5.10 Å². The molecule has 180 valence electrons. The fourth-order valence-corrected chi connectivity index (χ4v) is 6.65. The van der Waals surface area contributed by atoms with Gasteiger partial charge in [-0.05, 0) is 55.9 Å². The van der Waals surface area contributed by atoms with Gasteiger partial charge in [-0.2, -0.15) is 5.10 Å². The molecule has 3 aliphatic carbocycles. The smallest absolute Gasteiger partial charge is 0.181 e. The van der Waals surface area contributed by atoms with Gasteiger partial charge in [-0.1, -0.05) is 39.1 Å². The SMILES string of the molecule is C=C(O)C1C2CCC(CC2)C1Cc1nc(-c2[nH]nc3ncc(F)cc23)nc(SC(C)(C)C)c1F. The van der Waals surface area contributed by atoms with E-state index < -0.39 is 11.6 Å². The minimum Gasteiger partial charge on any atom is -0.513 e. The van der Waals surface area contributed by atoms with Crippen LogP contribution in [-0.4, -0.2) is 35.0 Å². The van der Waals surface area contributed by atoms with Crippen molar-refractivity contribution in [2.45, 2.75) is 62.6 Å². The second-order valence-electron chi connectivity index (χ2n) is 10.5. The van der Waals surface area contributed by atoms with Crippen molar-refractivity contribution in [2.24, 2.45) is 23.7 Å². The van der Waals surface area contributed by atoms with E-state index in [9.17, 15) is 9.50 Å². The molecule has 3 aromatic heterocycles. The summed E-state index contributed by atoms with van der Waals surface area (Å²) in [5.74, 6) is 0.345. The van der Waals surface area contributed by atoms with E-state index in [4.69, 9.17) is 0 Å². The predicted molar refractivity (Wildman–Crippen MR) is 128 cm³/mol. The van der Waals surface area contributed by atoms with Crippen LogP contribution in [0.4, 0.5) is 8.78 Å². The molecule has 34 heavy (non-hydrogen) atoms. The number of aliphatic hydroxyl groups excluding tert-OH is 1. The summed E-state index contributed by atoms with van der Waals surface area (Å²) in [7, 11) is 0. The van der Waals surface area contributed by atoms with Crippen molar-refractivity contribution in [1.29, 1.82) is 0 Å². The minimum atomic E-state index is -0.496. The van der Waals surface area contributed by atoms with Crippen LogP contribution in [-0.2, 0) is 6.42 Å². The second-order valence-corrected chi connectivity index (χ2v) is 12.3. The monoisotopic (exact) mass is 485 g/mol. The lowest BCUT2D eigenvalue weighted by Gasteiger charge is -2.48. The largest absolute Gasteiger partial charge is 0.513 e. The number of hydrogen-bond donors (Lipinski definition) is 2. The van der Waals surface area contributed by atoms with Gasteiger partial charge in [-0.25, -0.2) is 23.7 Å². The Hall–Kier alpha value is -2.55. The van der Waals surface area contributed by atoms with Crippen LogP contribution in [0.3, 0.4) is 0 Å². The number of halogens is 2. The Morgan fingerprint density at radius 3 is 2.56 bits per heavy atom. The summed E-state index contributed by atoms with van der Waals surface area (Å²) in [5.41, 5.74) is 1.07. The van der Waals surface area contributed by atoms with E-state index >= 15 is 4.39 Å². The zero-order chi connectivity index (χ0) is 24.2. The molecule has 3 saturated carbocycles. The lowest BCUT2D eigenvalue weighted by Crippen LogP contribution is -2.42. The molecule has 0 saturated heterocycles. The van der Waals surface area contributed by atoms with Crippen LogP contribution in [0, 0.1) is 35.3 Å². The van der Waals surface area contributed by atoms with E-state index in [2.05, 4.69) is 31.7 Å². The number of allylic oxidation sites excluding steroid dienone is 1. The van der Waals surface area contributed by atoms with Crippen molar-refractivity contribution in [2.75, 3.05) is 0 Å². The van der Waals surface area contributed by atoms with Crippen molar-refractivity contribution < 1.29 is 13.9 Å². The number of pyridine rings is 1. The molecule has 0 aromatic carbocycles. The van der Waals surface area contributed by atoms with Gasteiger partial charge in [0.2, 0.25) is 0 Å². The lowest BCUT2D eigenvalue weighted by atomic mass is 9.57. The second kappa shape index (κ2) is 8.59. The molecule has 3 heterocycles. The summed E-state index contributed by atoms with van der Waals surface area (Å²) in [6.07, 6.45) is 5.81. The number of hydrogen-bond acceptors (Lipinski definition) is 6. The van der Waals surface area contributed by atoms with Crippen molar-refractivity contribution in [3.63, 3.8) is 0 Å². The molecular formula is C25H29F2N5OS. The first-order chi connectivity index (χ1) is 16.1. The maximum absolute atomic E-state index is 15.8. The summed E-state index contributed by atoms with van der Waals surface area (Å²) in [5, 5.41) is 18.1. The Labute approximate surface area is 201 Å². The zero-order valence-corrected chi connectivity index (χ0v) is 20.4. The van der Waals surface area contributed by atoms with Gasteiger partial charge in [-0.15, -0.1) is 0 Å². The Kier molecular flexibility index (Phi) is 5.86. The van der Waals surface area contributed by atoms with E-state index in [1.165, 1.54) is 17.8 Å². The van der Waals surface area contributed by atoms with Crippen LogP contribution < -0.4 is 0 Å². The molecule has 3 aromatic rings. The summed E-state index contributed by atoms with van der Waals surface area (Å²) < 4.78 is 29.4. The molecule has 6 nitrogen and oxygen atoms in total. The molecule has 0 radical (unpaired) electrons. The van der Waals surface area contributed by atoms with Gasteiger partial charge in [0.05, 0.1) is 23.0 Å². The average Bonchev–Trinajstić information content (AvgIpc) is 3.19. The predicted octanol–water partition coefficient (Wildman–Crippen LogP) is 6.25. The minimum absolute atomic E-state index is 0.0460. The average molecular weight is 486 g/mol. The molecule has 2 bridgehead atoms. The Balaban J connectivity index is 1.61. The fourth-order valence-electron chi connectivity index (χ4n) is 5.73. The summed E-state index contributed by atoms with van der Waals surface area (Å²) in [6, 6.07) is 1.33. The number of rotatable bonds is 5. The molecule has 0 spiro atoms. The summed E-state index contributed by atoms with van der Waals surface area (Å²) in [4.78, 5) is 13.2. The molecule has 2 atom stereocenters. The third-order valence-electron chi connectivity index (χ3n) is 7.10. The number of thioether (sulfide) groups is 1. The van der Waals surface area contributed by atoms with Crippen LogP contribution in [0.2, 0.25) is 0 Å².